The summed E-state index contributed by atoms with van der Waals surface area (Å²) in [7, 11) is -3.51. The first-order chi connectivity index (χ1) is 11.5. The van der Waals surface area contributed by atoms with Crippen molar-refractivity contribution in [1.82, 2.24) is 14.9 Å². The van der Waals surface area contributed by atoms with Gasteiger partial charge < -0.3 is 4.52 Å². The quantitative estimate of drug-likeness (QED) is 0.694. The van der Waals surface area contributed by atoms with Crippen LogP contribution in [-0.4, -0.2) is 25.1 Å². The lowest BCUT2D eigenvalue weighted by molar-refractivity contribution is 0.379. The molecule has 0 amide bonds. The van der Waals surface area contributed by atoms with Crippen LogP contribution in [0, 0.1) is 5.82 Å². The largest absolute Gasteiger partial charge is 0.339 e. The lowest BCUT2D eigenvalue weighted by Gasteiger charge is -2.05. The summed E-state index contributed by atoms with van der Waals surface area (Å²) in [5.74, 6) is 0.247. The van der Waals surface area contributed by atoms with E-state index in [4.69, 9.17) is 4.52 Å². The highest BCUT2D eigenvalue weighted by Gasteiger charge is 2.13. The molecule has 0 bridgehead atoms. The van der Waals surface area contributed by atoms with Gasteiger partial charge in [-0.1, -0.05) is 23.4 Å². The van der Waals surface area contributed by atoms with Gasteiger partial charge in [-0.2, -0.15) is 4.98 Å². The molecule has 0 atom stereocenters. The maximum absolute atomic E-state index is 12.8. The number of thiophene rings is 1. The first kappa shape index (κ1) is 16.7. The van der Waals surface area contributed by atoms with Crippen molar-refractivity contribution in [3.05, 3.63) is 59.0 Å². The number of benzene rings is 1. The molecule has 1 N–H and O–H groups in total. The number of aromatic nitrogens is 2. The normalized spacial score (nSPS) is 11.7. The monoisotopic (exact) mass is 367 g/mol. The first-order valence-electron chi connectivity index (χ1n) is 7.10. The molecule has 0 saturated carbocycles. The second-order valence-corrected chi connectivity index (χ2v) is 7.77. The number of nitrogens with zero attached hydrogens (tertiary/aromatic N) is 2. The van der Waals surface area contributed by atoms with Gasteiger partial charge in [-0.3, -0.25) is 0 Å². The number of rotatable bonds is 7. The third kappa shape index (κ3) is 4.47. The summed E-state index contributed by atoms with van der Waals surface area (Å²) in [6.07, 6.45) is 0.293. The molecule has 3 aromatic rings. The molecule has 3 rings (SSSR count). The van der Waals surface area contributed by atoms with Gasteiger partial charge in [-0.25, -0.2) is 17.5 Å². The molecule has 0 aliphatic rings. The van der Waals surface area contributed by atoms with E-state index < -0.39 is 15.8 Å². The molecule has 0 spiro atoms. The Morgan fingerprint density at radius 3 is 2.71 bits per heavy atom. The van der Waals surface area contributed by atoms with Crippen LogP contribution in [0.3, 0.4) is 0 Å². The van der Waals surface area contributed by atoms with Crippen molar-refractivity contribution in [1.29, 1.82) is 0 Å². The summed E-state index contributed by atoms with van der Waals surface area (Å²) in [5, 5.41) is 5.77. The van der Waals surface area contributed by atoms with Crippen LogP contribution in [0.25, 0.3) is 10.7 Å². The van der Waals surface area contributed by atoms with Crippen LogP contribution >= 0.6 is 11.3 Å². The zero-order valence-electron chi connectivity index (χ0n) is 12.5. The van der Waals surface area contributed by atoms with E-state index in [1.807, 2.05) is 17.5 Å². The van der Waals surface area contributed by atoms with Crippen LogP contribution in [0.5, 0.6) is 0 Å². The Labute approximate surface area is 142 Å². The fourth-order valence-corrected chi connectivity index (χ4v) is 3.82. The predicted octanol–water partition coefficient (Wildman–Crippen LogP) is 2.60. The van der Waals surface area contributed by atoms with Crippen LogP contribution in [0.15, 0.2) is 46.3 Å². The Kier molecular flexibility index (Phi) is 5.03. The number of halogens is 1. The molecule has 0 aliphatic carbocycles. The molecule has 6 nitrogen and oxygen atoms in total. The smallest absolute Gasteiger partial charge is 0.228 e. The van der Waals surface area contributed by atoms with Crippen LogP contribution in [0.2, 0.25) is 0 Å². The van der Waals surface area contributed by atoms with E-state index in [-0.39, 0.29) is 12.3 Å². The summed E-state index contributed by atoms with van der Waals surface area (Å²) < 4.78 is 44.4. The van der Waals surface area contributed by atoms with E-state index in [1.54, 1.807) is 0 Å². The molecule has 1 aromatic carbocycles. The van der Waals surface area contributed by atoms with Crippen molar-refractivity contribution >= 4 is 21.4 Å². The van der Waals surface area contributed by atoms with Crippen molar-refractivity contribution in [3.63, 3.8) is 0 Å². The topological polar surface area (TPSA) is 85.1 Å². The molecule has 9 heteroatoms. The maximum Gasteiger partial charge on any atom is 0.228 e. The molecule has 0 saturated heterocycles. The van der Waals surface area contributed by atoms with E-state index in [0.717, 1.165) is 4.88 Å². The van der Waals surface area contributed by atoms with E-state index in [0.29, 0.717) is 23.7 Å². The van der Waals surface area contributed by atoms with Gasteiger partial charge >= 0.3 is 0 Å². The Morgan fingerprint density at radius 1 is 1.21 bits per heavy atom. The molecule has 0 unspecified atom stereocenters. The molecule has 2 heterocycles. The zero-order chi connectivity index (χ0) is 17.0. The summed E-state index contributed by atoms with van der Waals surface area (Å²) in [5.41, 5.74) is 0.515. The molecule has 0 aliphatic heterocycles. The number of sulfonamides is 1. The van der Waals surface area contributed by atoms with E-state index in [9.17, 15) is 12.8 Å². The molecular weight excluding hydrogens is 353 g/mol. The molecule has 0 radical (unpaired) electrons. The van der Waals surface area contributed by atoms with Gasteiger partial charge in [-0.15, -0.1) is 11.3 Å². The van der Waals surface area contributed by atoms with Crippen molar-refractivity contribution in [2.75, 3.05) is 6.54 Å². The van der Waals surface area contributed by atoms with Gasteiger partial charge in [0, 0.05) is 13.0 Å². The lowest BCUT2D eigenvalue weighted by atomic mass is 10.2. The highest BCUT2D eigenvalue weighted by molar-refractivity contribution is 7.88. The van der Waals surface area contributed by atoms with Gasteiger partial charge in [0.25, 0.3) is 0 Å². The first-order valence-corrected chi connectivity index (χ1v) is 9.63. The van der Waals surface area contributed by atoms with Crippen molar-refractivity contribution in [2.24, 2.45) is 0 Å². The highest BCUT2D eigenvalue weighted by Crippen LogP contribution is 2.21. The fraction of sp³-hybridized carbons (Fsp3) is 0.200. The third-order valence-corrected chi connectivity index (χ3v) is 5.36. The van der Waals surface area contributed by atoms with Crippen LogP contribution < -0.4 is 4.72 Å². The fourth-order valence-electron chi connectivity index (χ4n) is 2.03. The Bertz CT molecular complexity index is 890. The minimum atomic E-state index is -3.51. The lowest BCUT2D eigenvalue weighted by Crippen LogP contribution is -2.27. The van der Waals surface area contributed by atoms with Crippen molar-refractivity contribution < 1.29 is 17.3 Å². The Morgan fingerprint density at radius 2 is 2.00 bits per heavy atom. The van der Waals surface area contributed by atoms with Crippen LogP contribution in [-0.2, 0) is 22.2 Å². The predicted molar refractivity (Wildman–Crippen MR) is 88.3 cm³/mol. The van der Waals surface area contributed by atoms with E-state index in [1.165, 1.54) is 35.6 Å². The standard InChI is InChI=1S/C15H14FN3O3S2/c16-12-5-3-11(4-6-12)10-24(20,21)17-8-7-14-18-15(19-22-14)13-2-1-9-23-13/h1-6,9,17H,7-8,10H2. The van der Waals surface area contributed by atoms with Crippen molar-refractivity contribution in [2.45, 2.75) is 12.2 Å². The molecule has 126 valence electrons. The average molecular weight is 367 g/mol. The van der Waals surface area contributed by atoms with Gasteiger partial charge in [0.15, 0.2) is 0 Å². The average Bonchev–Trinajstić information content (AvgIpc) is 3.20. The van der Waals surface area contributed by atoms with Crippen LogP contribution in [0.4, 0.5) is 4.39 Å². The summed E-state index contributed by atoms with van der Waals surface area (Å²) in [6.45, 7) is 0.148. The molecule has 2 aromatic heterocycles. The zero-order valence-corrected chi connectivity index (χ0v) is 14.1. The molecular formula is C15H14FN3O3S2. The SMILES string of the molecule is O=S(=O)(Cc1ccc(F)cc1)NCCc1nc(-c2cccs2)no1. The van der Waals surface area contributed by atoms with Gasteiger partial charge in [0.1, 0.15) is 5.82 Å². The maximum atomic E-state index is 12.8. The van der Waals surface area contributed by atoms with Gasteiger partial charge in [0.05, 0.1) is 10.6 Å². The van der Waals surface area contributed by atoms with Gasteiger partial charge in [0.2, 0.25) is 21.7 Å². The minimum absolute atomic E-state index is 0.148. The molecule has 24 heavy (non-hydrogen) atoms. The highest BCUT2D eigenvalue weighted by atomic mass is 32.2. The number of nitrogens with one attached hydrogen (secondary N) is 1. The Hall–Kier alpha value is -2.10. The minimum Gasteiger partial charge on any atom is -0.339 e. The summed E-state index contributed by atoms with van der Waals surface area (Å²) in [4.78, 5) is 5.11. The number of hydrogen-bond acceptors (Lipinski definition) is 6. The van der Waals surface area contributed by atoms with Gasteiger partial charge in [-0.05, 0) is 29.1 Å². The van der Waals surface area contributed by atoms with Crippen molar-refractivity contribution in [3.8, 4) is 10.7 Å². The third-order valence-electron chi connectivity index (χ3n) is 3.14. The van der Waals surface area contributed by atoms with Crippen LogP contribution in [0.1, 0.15) is 11.5 Å². The molecule has 0 fully saturated rings. The number of hydrogen-bond donors (Lipinski definition) is 1. The van der Waals surface area contributed by atoms with E-state index >= 15 is 0 Å². The second-order valence-electron chi connectivity index (χ2n) is 5.02. The second kappa shape index (κ2) is 7.20. The Balaban J connectivity index is 1.53. The summed E-state index contributed by atoms with van der Waals surface area (Å²) in [6, 6.07) is 9.12. The summed E-state index contributed by atoms with van der Waals surface area (Å²) >= 11 is 1.50. The van der Waals surface area contributed by atoms with E-state index in [2.05, 4.69) is 14.9 Å².